The van der Waals surface area contributed by atoms with Gasteiger partial charge in [0.1, 0.15) is 11.6 Å². The van der Waals surface area contributed by atoms with E-state index in [1.54, 1.807) is 12.3 Å². The van der Waals surface area contributed by atoms with Crippen molar-refractivity contribution >= 4 is 28.3 Å². The average Bonchev–Trinajstić information content (AvgIpc) is 2.63. The zero-order valence-corrected chi connectivity index (χ0v) is 10.9. The molecule has 1 heterocycles. The van der Waals surface area contributed by atoms with Gasteiger partial charge in [-0.25, -0.2) is 9.37 Å². The Morgan fingerprint density at radius 3 is 2.94 bits per heavy atom. The van der Waals surface area contributed by atoms with Crippen LogP contribution < -0.4 is 5.32 Å². The summed E-state index contributed by atoms with van der Waals surface area (Å²) in [6.45, 7) is 2.56. The smallest absolute Gasteiger partial charge is 0.124 e. The highest BCUT2D eigenvalue weighted by Gasteiger charge is 2.02. The predicted molar refractivity (Wildman–Crippen MR) is 69.8 cm³/mol. The van der Waals surface area contributed by atoms with Crippen molar-refractivity contribution in [3.05, 3.63) is 45.3 Å². The van der Waals surface area contributed by atoms with Gasteiger partial charge in [-0.15, -0.1) is 0 Å². The summed E-state index contributed by atoms with van der Waals surface area (Å²) in [6.07, 6.45) is 1.79. The first kappa shape index (κ1) is 11.4. The molecule has 5 heteroatoms. The van der Waals surface area contributed by atoms with Gasteiger partial charge < -0.3 is 10.3 Å². The number of nitrogens with one attached hydrogen (secondary N) is 2. The Hall–Kier alpha value is -1.11. The number of aromatic amines is 1. The van der Waals surface area contributed by atoms with Crippen LogP contribution in [0.3, 0.4) is 0 Å². The van der Waals surface area contributed by atoms with E-state index < -0.39 is 0 Å². The maximum atomic E-state index is 12.9. The molecule has 3 nitrogen and oxygen atoms in total. The molecule has 16 heavy (non-hydrogen) atoms. The molecule has 0 amide bonds. The molecule has 0 fully saturated rings. The molecule has 1 aromatic carbocycles. The van der Waals surface area contributed by atoms with E-state index in [2.05, 4.69) is 37.9 Å². The average molecular weight is 331 g/mol. The summed E-state index contributed by atoms with van der Waals surface area (Å²) in [5.74, 6) is 0.679. The van der Waals surface area contributed by atoms with Crippen molar-refractivity contribution in [2.24, 2.45) is 0 Å². The monoisotopic (exact) mass is 331 g/mol. The second-order valence-electron chi connectivity index (χ2n) is 3.47. The summed E-state index contributed by atoms with van der Waals surface area (Å²) >= 11 is 2.11. The Morgan fingerprint density at radius 1 is 1.50 bits per heavy atom. The van der Waals surface area contributed by atoms with Crippen LogP contribution in [0.5, 0.6) is 0 Å². The first-order chi connectivity index (χ1) is 7.65. The third-order valence-corrected chi connectivity index (χ3v) is 3.05. The van der Waals surface area contributed by atoms with Gasteiger partial charge in [-0.3, -0.25) is 0 Å². The standard InChI is InChI=1S/C11H11FIN3/c1-7-14-5-9(16-7)6-15-11-3-2-8(12)4-10(11)13/h2-5,15H,6H2,1H3,(H,14,16). The zero-order valence-electron chi connectivity index (χ0n) is 8.72. The number of benzene rings is 1. The molecule has 1 aromatic heterocycles. The number of aryl methyl sites for hydroxylation is 1. The minimum atomic E-state index is -0.215. The van der Waals surface area contributed by atoms with Gasteiger partial charge in [-0.05, 0) is 47.7 Å². The number of anilines is 1. The Balaban J connectivity index is 2.04. The summed E-state index contributed by atoms with van der Waals surface area (Å²) in [5, 5.41) is 3.22. The number of hydrogen-bond acceptors (Lipinski definition) is 2. The number of rotatable bonds is 3. The molecule has 0 saturated heterocycles. The first-order valence-corrected chi connectivity index (χ1v) is 5.92. The maximum Gasteiger partial charge on any atom is 0.124 e. The topological polar surface area (TPSA) is 40.7 Å². The third-order valence-electron chi connectivity index (χ3n) is 2.16. The summed E-state index contributed by atoms with van der Waals surface area (Å²) in [6, 6.07) is 4.68. The summed E-state index contributed by atoms with van der Waals surface area (Å²) in [5.41, 5.74) is 1.94. The molecule has 0 saturated carbocycles. The van der Waals surface area contributed by atoms with Crippen molar-refractivity contribution in [3.63, 3.8) is 0 Å². The Bertz CT molecular complexity index is 496. The van der Waals surface area contributed by atoms with Gasteiger partial charge >= 0.3 is 0 Å². The predicted octanol–water partition coefficient (Wildman–Crippen LogP) is 3.07. The van der Waals surface area contributed by atoms with Gasteiger partial charge in [0.2, 0.25) is 0 Å². The second kappa shape index (κ2) is 4.82. The highest BCUT2D eigenvalue weighted by molar-refractivity contribution is 14.1. The lowest BCUT2D eigenvalue weighted by Gasteiger charge is -2.07. The maximum absolute atomic E-state index is 12.9. The molecule has 0 unspecified atom stereocenters. The lowest BCUT2D eigenvalue weighted by atomic mass is 10.3. The van der Waals surface area contributed by atoms with Gasteiger partial charge in [0.15, 0.2) is 0 Å². The molecule has 2 aromatic rings. The van der Waals surface area contributed by atoms with Crippen molar-refractivity contribution < 1.29 is 4.39 Å². The number of H-pyrrole nitrogens is 1. The Labute approximate surface area is 107 Å². The van der Waals surface area contributed by atoms with Gasteiger partial charge in [-0.1, -0.05) is 0 Å². The number of nitrogens with zero attached hydrogens (tertiary/aromatic N) is 1. The summed E-state index contributed by atoms with van der Waals surface area (Å²) in [7, 11) is 0. The van der Waals surface area contributed by atoms with Crippen molar-refractivity contribution in [2.45, 2.75) is 13.5 Å². The number of halogens is 2. The van der Waals surface area contributed by atoms with E-state index in [0.29, 0.717) is 6.54 Å². The molecule has 0 radical (unpaired) electrons. The van der Waals surface area contributed by atoms with Crippen LogP contribution in [0.1, 0.15) is 11.5 Å². The van der Waals surface area contributed by atoms with E-state index in [9.17, 15) is 4.39 Å². The fourth-order valence-electron chi connectivity index (χ4n) is 1.38. The largest absolute Gasteiger partial charge is 0.379 e. The van der Waals surface area contributed by atoms with Crippen LogP contribution in [0.4, 0.5) is 10.1 Å². The van der Waals surface area contributed by atoms with Gasteiger partial charge in [0.25, 0.3) is 0 Å². The Kier molecular flexibility index (Phi) is 3.42. The van der Waals surface area contributed by atoms with Crippen LogP contribution in [0, 0.1) is 16.3 Å². The van der Waals surface area contributed by atoms with Crippen molar-refractivity contribution in [2.75, 3.05) is 5.32 Å². The SMILES string of the molecule is Cc1ncc(CNc2ccc(F)cc2I)[nH]1. The molecule has 0 aliphatic heterocycles. The normalized spacial score (nSPS) is 10.4. The molecular weight excluding hydrogens is 320 g/mol. The van der Waals surface area contributed by atoms with Crippen molar-refractivity contribution in [1.29, 1.82) is 0 Å². The molecule has 0 bridgehead atoms. The van der Waals surface area contributed by atoms with Crippen LogP contribution in [0.2, 0.25) is 0 Å². The van der Waals surface area contributed by atoms with Crippen molar-refractivity contribution in [3.8, 4) is 0 Å². The number of aromatic nitrogens is 2. The summed E-state index contributed by atoms with van der Waals surface area (Å²) < 4.78 is 13.7. The highest BCUT2D eigenvalue weighted by Crippen LogP contribution is 2.19. The van der Waals surface area contributed by atoms with E-state index in [0.717, 1.165) is 20.8 Å². The number of hydrogen-bond donors (Lipinski definition) is 2. The zero-order chi connectivity index (χ0) is 11.5. The van der Waals surface area contributed by atoms with E-state index >= 15 is 0 Å². The highest BCUT2D eigenvalue weighted by atomic mass is 127. The second-order valence-corrected chi connectivity index (χ2v) is 4.63. The first-order valence-electron chi connectivity index (χ1n) is 4.84. The molecular formula is C11H11FIN3. The van der Waals surface area contributed by atoms with Gasteiger partial charge in [0, 0.05) is 9.26 Å². The molecule has 0 aliphatic carbocycles. The van der Waals surface area contributed by atoms with Gasteiger partial charge in [0.05, 0.1) is 18.4 Å². The minimum Gasteiger partial charge on any atom is -0.379 e. The lowest BCUT2D eigenvalue weighted by Crippen LogP contribution is -2.01. The summed E-state index contributed by atoms with van der Waals surface area (Å²) in [4.78, 5) is 7.24. The fraction of sp³-hybridized carbons (Fsp3) is 0.182. The van der Waals surface area contributed by atoms with E-state index in [1.165, 1.54) is 12.1 Å². The molecule has 2 N–H and O–H groups in total. The minimum absolute atomic E-state index is 0.215. The lowest BCUT2D eigenvalue weighted by molar-refractivity contribution is 0.627. The Morgan fingerprint density at radius 2 is 2.31 bits per heavy atom. The molecule has 0 spiro atoms. The van der Waals surface area contributed by atoms with E-state index in [4.69, 9.17) is 0 Å². The van der Waals surface area contributed by atoms with Crippen molar-refractivity contribution in [1.82, 2.24) is 9.97 Å². The van der Waals surface area contributed by atoms with E-state index in [1.807, 2.05) is 6.92 Å². The van der Waals surface area contributed by atoms with Crippen LogP contribution in [-0.4, -0.2) is 9.97 Å². The quantitative estimate of drug-likeness (QED) is 0.849. The third kappa shape index (κ3) is 2.72. The van der Waals surface area contributed by atoms with Crippen LogP contribution in [-0.2, 0) is 6.54 Å². The number of imidazole rings is 1. The molecule has 84 valence electrons. The molecule has 0 aliphatic rings. The molecule has 2 rings (SSSR count). The van der Waals surface area contributed by atoms with Crippen LogP contribution in [0.25, 0.3) is 0 Å². The molecule has 0 atom stereocenters. The van der Waals surface area contributed by atoms with Crippen LogP contribution in [0.15, 0.2) is 24.4 Å². The van der Waals surface area contributed by atoms with E-state index in [-0.39, 0.29) is 5.82 Å². The van der Waals surface area contributed by atoms with Gasteiger partial charge in [-0.2, -0.15) is 0 Å². The van der Waals surface area contributed by atoms with Crippen LogP contribution >= 0.6 is 22.6 Å². The fourth-order valence-corrected chi connectivity index (χ4v) is 2.05.